The van der Waals surface area contributed by atoms with Crippen LogP contribution in [0.25, 0.3) is 6.08 Å². The highest BCUT2D eigenvalue weighted by molar-refractivity contribution is 5.97. The first-order chi connectivity index (χ1) is 8.58. The molecule has 0 atom stereocenters. The zero-order valence-electron chi connectivity index (χ0n) is 11.2. The largest absolute Gasteiger partial charge is 0.481 e. The second-order valence-corrected chi connectivity index (χ2v) is 4.29. The average Bonchev–Trinajstić information content (AvgIpc) is 2.79. The zero-order valence-corrected chi connectivity index (χ0v) is 11.2. The van der Waals surface area contributed by atoms with Gasteiger partial charge in [0.2, 0.25) is 5.88 Å². The van der Waals surface area contributed by atoms with E-state index in [1.165, 1.54) is 0 Å². The fraction of sp³-hybridized carbons (Fsp3) is 0.429. The Hall–Kier alpha value is -1.84. The van der Waals surface area contributed by atoms with Crippen molar-refractivity contribution >= 4 is 12.0 Å². The number of hydrogen-bond acceptors (Lipinski definition) is 4. The van der Waals surface area contributed by atoms with E-state index in [1.54, 1.807) is 14.0 Å². The van der Waals surface area contributed by atoms with E-state index in [2.05, 4.69) is 4.98 Å². The van der Waals surface area contributed by atoms with Gasteiger partial charge in [-0.2, -0.15) is 0 Å². The lowest BCUT2D eigenvalue weighted by molar-refractivity contribution is -0.138. The van der Waals surface area contributed by atoms with Crippen LogP contribution in [-0.2, 0) is 16.0 Å². The van der Waals surface area contributed by atoms with E-state index in [9.17, 15) is 4.79 Å². The average molecular weight is 247 g/mol. The Morgan fingerprint density at radius 3 is 2.78 bits per heavy atom. The molecule has 0 unspecified atom stereocenters. The van der Waals surface area contributed by atoms with Crippen LogP contribution in [0.5, 0.6) is 5.88 Å². The predicted octanol–water partition coefficient (Wildman–Crippen LogP) is 2.21. The van der Waals surface area contributed by atoms with Crippen molar-refractivity contribution in [1.82, 2.24) is 4.98 Å². The molecule has 0 saturated heterocycles. The van der Waals surface area contributed by atoms with Crippen LogP contribution in [0.2, 0.25) is 0 Å². The van der Waals surface area contributed by atoms with Crippen LogP contribution in [-0.4, -0.2) is 24.7 Å². The van der Waals surface area contributed by atoms with E-state index in [1.807, 2.05) is 19.9 Å². The monoisotopic (exact) mass is 247 g/mol. The van der Waals surface area contributed by atoms with Crippen LogP contribution in [0.3, 0.4) is 0 Å². The van der Waals surface area contributed by atoms with E-state index in [0.29, 0.717) is 24.5 Å². The number of esters is 1. The molecule has 1 aliphatic rings. The molecule has 0 fully saturated rings. The van der Waals surface area contributed by atoms with Crippen LogP contribution >= 0.6 is 0 Å². The first-order valence-corrected chi connectivity index (χ1v) is 6.00. The number of rotatable bonds is 3. The van der Waals surface area contributed by atoms with Crippen LogP contribution < -0.4 is 4.74 Å². The molecule has 1 aliphatic carbocycles. The summed E-state index contributed by atoms with van der Waals surface area (Å²) >= 11 is 0. The third kappa shape index (κ3) is 1.98. The summed E-state index contributed by atoms with van der Waals surface area (Å²) in [6.45, 7) is 6.14. The van der Waals surface area contributed by atoms with Gasteiger partial charge in [0.25, 0.3) is 0 Å². The van der Waals surface area contributed by atoms with E-state index < -0.39 is 0 Å². The third-order valence-corrected chi connectivity index (χ3v) is 3.22. The zero-order chi connectivity index (χ0) is 13.3. The fourth-order valence-electron chi connectivity index (χ4n) is 2.15. The molecule has 0 saturated carbocycles. The first-order valence-electron chi connectivity index (χ1n) is 6.00. The second kappa shape index (κ2) is 4.80. The molecule has 1 aromatic rings. The smallest absolute Gasteiger partial charge is 0.334 e. The van der Waals surface area contributed by atoms with Gasteiger partial charge in [0.15, 0.2) is 0 Å². The minimum Gasteiger partial charge on any atom is -0.481 e. The Kier molecular flexibility index (Phi) is 3.36. The van der Waals surface area contributed by atoms with E-state index in [4.69, 9.17) is 9.47 Å². The lowest BCUT2D eigenvalue weighted by Gasteiger charge is -2.10. The maximum atomic E-state index is 11.8. The lowest BCUT2D eigenvalue weighted by Crippen LogP contribution is -2.07. The number of methoxy groups -OCH3 is 1. The second-order valence-electron chi connectivity index (χ2n) is 4.29. The maximum absolute atomic E-state index is 11.8. The summed E-state index contributed by atoms with van der Waals surface area (Å²) in [6, 6.07) is 0. The highest BCUT2D eigenvalue weighted by Gasteiger charge is 2.25. The molecule has 0 amide bonds. The SMILES string of the molecule is CCOC(=O)C1=Cc2c(C)c(C)nc(OC)c2C1. The van der Waals surface area contributed by atoms with Crippen LogP contribution in [0.4, 0.5) is 0 Å². The summed E-state index contributed by atoms with van der Waals surface area (Å²) in [6.07, 6.45) is 2.42. The number of hydrogen-bond donors (Lipinski definition) is 0. The molecule has 0 N–H and O–H groups in total. The summed E-state index contributed by atoms with van der Waals surface area (Å²) in [5, 5.41) is 0. The molecule has 0 bridgehead atoms. The topological polar surface area (TPSA) is 48.4 Å². The van der Waals surface area contributed by atoms with Crippen molar-refractivity contribution in [2.75, 3.05) is 13.7 Å². The number of aromatic nitrogens is 1. The number of ether oxygens (including phenoxy) is 2. The number of nitrogens with zero attached hydrogens (tertiary/aromatic N) is 1. The van der Waals surface area contributed by atoms with Gasteiger partial charge >= 0.3 is 5.97 Å². The highest BCUT2D eigenvalue weighted by atomic mass is 16.5. The summed E-state index contributed by atoms with van der Waals surface area (Å²) in [5.41, 5.74) is 4.70. The van der Waals surface area contributed by atoms with Gasteiger partial charge in [-0.3, -0.25) is 0 Å². The number of fused-ring (bicyclic) bond motifs is 1. The molecule has 4 nitrogen and oxygen atoms in total. The van der Waals surface area contributed by atoms with Gasteiger partial charge in [0.1, 0.15) is 0 Å². The molecular formula is C14H17NO3. The van der Waals surface area contributed by atoms with Gasteiger partial charge < -0.3 is 9.47 Å². The molecule has 0 spiro atoms. The molecule has 1 heterocycles. The molecule has 96 valence electrons. The third-order valence-electron chi connectivity index (χ3n) is 3.22. The van der Waals surface area contributed by atoms with Gasteiger partial charge in [-0.25, -0.2) is 9.78 Å². The number of pyridine rings is 1. The Bertz CT molecular complexity index is 532. The van der Waals surface area contributed by atoms with Crippen molar-refractivity contribution < 1.29 is 14.3 Å². The van der Waals surface area contributed by atoms with Crippen molar-refractivity contribution in [2.24, 2.45) is 0 Å². The molecule has 2 rings (SSSR count). The van der Waals surface area contributed by atoms with E-state index in [0.717, 1.165) is 22.4 Å². The van der Waals surface area contributed by atoms with Gasteiger partial charge in [-0.15, -0.1) is 0 Å². The Labute approximate surface area is 107 Å². The number of carbonyl (C=O) groups is 1. The summed E-state index contributed by atoms with van der Waals surface area (Å²) in [7, 11) is 1.60. The van der Waals surface area contributed by atoms with E-state index in [-0.39, 0.29) is 5.97 Å². The van der Waals surface area contributed by atoms with Crippen molar-refractivity contribution in [3.05, 3.63) is 28.0 Å². The van der Waals surface area contributed by atoms with Crippen LogP contribution in [0, 0.1) is 13.8 Å². The quantitative estimate of drug-likeness (QED) is 0.768. The number of aryl methyl sites for hydroxylation is 1. The summed E-state index contributed by atoms with van der Waals surface area (Å²) in [5.74, 6) is 0.344. The Morgan fingerprint density at radius 1 is 1.44 bits per heavy atom. The molecule has 4 heteroatoms. The van der Waals surface area contributed by atoms with Crippen molar-refractivity contribution in [3.8, 4) is 5.88 Å². The van der Waals surface area contributed by atoms with Crippen LogP contribution in [0.1, 0.15) is 29.3 Å². The summed E-state index contributed by atoms with van der Waals surface area (Å²) in [4.78, 5) is 16.2. The molecule has 18 heavy (non-hydrogen) atoms. The van der Waals surface area contributed by atoms with Crippen molar-refractivity contribution in [1.29, 1.82) is 0 Å². The Morgan fingerprint density at radius 2 is 2.17 bits per heavy atom. The van der Waals surface area contributed by atoms with Gasteiger partial charge in [-0.05, 0) is 38.0 Å². The minimum atomic E-state index is -0.257. The van der Waals surface area contributed by atoms with Gasteiger partial charge in [-0.1, -0.05) is 0 Å². The van der Waals surface area contributed by atoms with Gasteiger partial charge in [0, 0.05) is 23.3 Å². The number of carbonyl (C=O) groups excluding carboxylic acids is 1. The molecule has 0 aliphatic heterocycles. The maximum Gasteiger partial charge on any atom is 0.334 e. The summed E-state index contributed by atoms with van der Waals surface area (Å²) < 4.78 is 10.3. The molecule has 1 aromatic heterocycles. The lowest BCUT2D eigenvalue weighted by atomic mass is 10.0. The van der Waals surface area contributed by atoms with Crippen molar-refractivity contribution in [3.63, 3.8) is 0 Å². The minimum absolute atomic E-state index is 0.257. The van der Waals surface area contributed by atoms with Gasteiger partial charge in [0.05, 0.1) is 13.7 Å². The van der Waals surface area contributed by atoms with Crippen molar-refractivity contribution in [2.45, 2.75) is 27.2 Å². The molecule has 0 radical (unpaired) electrons. The highest BCUT2D eigenvalue weighted by Crippen LogP contribution is 2.34. The fourth-order valence-corrected chi connectivity index (χ4v) is 2.15. The molecular weight excluding hydrogens is 230 g/mol. The standard InChI is InChI=1S/C14H17NO3/c1-5-18-14(16)10-6-11-8(2)9(3)15-13(17-4)12(11)7-10/h6H,5,7H2,1-4H3. The van der Waals surface area contributed by atoms with Crippen LogP contribution in [0.15, 0.2) is 5.57 Å². The Balaban J connectivity index is 2.43. The molecule has 0 aromatic carbocycles. The first kappa shape index (κ1) is 12.6. The predicted molar refractivity (Wildman–Crippen MR) is 68.6 cm³/mol. The normalized spacial score (nSPS) is 13.0. The van der Waals surface area contributed by atoms with E-state index >= 15 is 0 Å².